The fourth-order valence-corrected chi connectivity index (χ4v) is 2.33. The number of benzene rings is 1. The first-order valence-corrected chi connectivity index (χ1v) is 6.93. The number of rotatable bonds is 4. The number of unbranched alkanes of at least 4 members (excludes halogenated alkanes) is 1. The molecule has 1 N–H and O–H groups in total. The Kier molecular flexibility index (Phi) is 3.56. The van der Waals surface area contributed by atoms with Crippen LogP contribution in [0.1, 0.15) is 30.3 Å². The molecule has 3 rings (SSSR count). The highest BCUT2D eigenvalue weighted by Gasteiger charge is 2.16. The van der Waals surface area contributed by atoms with E-state index in [9.17, 15) is 9.18 Å². The molecule has 2 aromatic heterocycles. The highest BCUT2D eigenvalue weighted by molar-refractivity contribution is 6.12. The normalized spacial score (nSPS) is 11.1. The number of carbonyl (C=O) groups excluding carboxylic acids is 1. The van der Waals surface area contributed by atoms with E-state index in [2.05, 4.69) is 9.97 Å². The molecule has 0 amide bonds. The Morgan fingerprint density at radius 3 is 3.00 bits per heavy atom. The van der Waals surface area contributed by atoms with E-state index < -0.39 is 5.97 Å². The van der Waals surface area contributed by atoms with Crippen molar-refractivity contribution in [2.75, 3.05) is 6.61 Å². The molecule has 0 saturated carbocycles. The average Bonchev–Trinajstić information content (AvgIpc) is 2.85. The molecule has 0 aliphatic rings. The molecule has 0 unspecified atom stereocenters. The lowest BCUT2D eigenvalue weighted by Crippen LogP contribution is -2.09. The second-order valence-electron chi connectivity index (χ2n) is 4.89. The molecule has 0 fully saturated rings. The van der Waals surface area contributed by atoms with Crippen LogP contribution in [0.5, 0.6) is 0 Å². The number of halogens is 1. The SMILES string of the molecule is CCCCOC(=O)c1nccc2c1[nH]c1ccc(F)cc12. The largest absolute Gasteiger partial charge is 0.461 e. The van der Waals surface area contributed by atoms with Crippen molar-refractivity contribution in [3.05, 3.63) is 42.0 Å². The number of ether oxygens (including phenoxy) is 1. The van der Waals surface area contributed by atoms with Crippen LogP contribution < -0.4 is 0 Å². The molecule has 108 valence electrons. The first kappa shape index (κ1) is 13.5. The number of fused-ring (bicyclic) bond motifs is 3. The van der Waals surface area contributed by atoms with Gasteiger partial charge < -0.3 is 9.72 Å². The van der Waals surface area contributed by atoms with Crippen molar-refractivity contribution < 1.29 is 13.9 Å². The summed E-state index contributed by atoms with van der Waals surface area (Å²) in [4.78, 5) is 19.3. The Morgan fingerprint density at radius 1 is 1.33 bits per heavy atom. The minimum absolute atomic E-state index is 0.236. The molecule has 4 nitrogen and oxygen atoms in total. The number of hydrogen-bond acceptors (Lipinski definition) is 3. The van der Waals surface area contributed by atoms with E-state index in [0.29, 0.717) is 12.1 Å². The van der Waals surface area contributed by atoms with Crippen molar-refractivity contribution in [1.82, 2.24) is 9.97 Å². The Labute approximate surface area is 120 Å². The summed E-state index contributed by atoms with van der Waals surface area (Å²) >= 11 is 0. The molecule has 0 radical (unpaired) electrons. The van der Waals surface area contributed by atoms with Crippen molar-refractivity contribution in [1.29, 1.82) is 0 Å². The molecule has 0 saturated heterocycles. The fraction of sp³-hybridized carbons (Fsp3) is 0.250. The van der Waals surface area contributed by atoms with Crippen molar-refractivity contribution >= 4 is 27.8 Å². The number of esters is 1. The monoisotopic (exact) mass is 286 g/mol. The maximum atomic E-state index is 13.4. The van der Waals surface area contributed by atoms with Crippen molar-refractivity contribution in [3.8, 4) is 0 Å². The topological polar surface area (TPSA) is 55.0 Å². The third-order valence-corrected chi connectivity index (χ3v) is 3.41. The zero-order chi connectivity index (χ0) is 14.8. The summed E-state index contributed by atoms with van der Waals surface area (Å²) in [5, 5.41) is 1.50. The lowest BCUT2D eigenvalue weighted by atomic mass is 10.1. The van der Waals surface area contributed by atoms with Gasteiger partial charge in [-0.05, 0) is 30.7 Å². The van der Waals surface area contributed by atoms with Crippen LogP contribution in [0.25, 0.3) is 21.8 Å². The van der Waals surface area contributed by atoms with E-state index in [1.54, 1.807) is 12.1 Å². The van der Waals surface area contributed by atoms with Gasteiger partial charge in [0, 0.05) is 22.5 Å². The summed E-state index contributed by atoms with van der Waals surface area (Å²) < 4.78 is 18.6. The molecule has 21 heavy (non-hydrogen) atoms. The van der Waals surface area contributed by atoms with E-state index in [-0.39, 0.29) is 11.5 Å². The van der Waals surface area contributed by atoms with E-state index in [1.165, 1.54) is 18.3 Å². The molecule has 0 bridgehead atoms. The zero-order valence-corrected chi connectivity index (χ0v) is 11.6. The predicted octanol–water partition coefficient (Wildman–Crippen LogP) is 3.81. The highest BCUT2D eigenvalue weighted by Crippen LogP contribution is 2.27. The maximum Gasteiger partial charge on any atom is 0.359 e. The smallest absolute Gasteiger partial charge is 0.359 e. The van der Waals surface area contributed by atoms with Crippen molar-refractivity contribution in [3.63, 3.8) is 0 Å². The summed E-state index contributed by atoms with van der Waals surface area (Å²) in [7, 11) is 0. The van der Waals surface area contributed by atoms with Crippen molar-refractivity contribution in [2.45, 2.75) is 19.8 Å². The Bertz CT molecular complexity index is 810. The highest BCUT2D eigenvalue weighted by atomic mass is 19.1. The molecule has 0 atom stereocenters. The van der Waals surface area contributed by atoms with Gasteiger partial charge in [0.15, 0.2) is 5.69 Å². The van der Waals surface area contributed by atoms with Gasteiger partial charge in [-0.1, -0.05) is 13.3 Å². The van der Waals surface area contributed by atoms with Gasteiger partial charge in [-0.15, -0.1) is 0 Å². The summed E-state index contributed by atoms with van der Waals surface area (Å²) in [5.41, 5.74) is 1.59. The molecule has 1 aromatic carbocycles. The van der Waals surface area contributed by atoms with Gasteiger partial charge in [-0.25, -0.2) is 14.2 Å². The second kappa shape index (κ2) is 5.52. The number of pyridine rings is 1. The van der Waals surface area contributed by atoms with Gasteiger partial charge in [-0.2, -0.15) is 0 Å². The molecule has 2 heterocycles. The van der Waals surface area contributed by atoms with Crippen LogP contribution in [-0.4, -0.2) is 22.5 Å². The van der Waals surface area contributed by atoms with Crippen LogP contribution in [0.15, 0.2) is 30.5 Å². The van der Waals surface area contributed by atoms with Crippen LogP contribution >= 0.6 is 0 Å². The maximum absolute atomic E-state index is 13.4. The molecule has 5 heteroatoms. The summed E-state index contributed by atoms with van der Waals surface area (Å²) in [6.45, 7) is 2.40. The van der Waals surface area contributed by atoms with Gasteiger partial charge >= 0.3 is 5.97 Å². The number of nitrogens with one attached hydrogen (secondary N) is 1. The molecular weight excluding hydrogens is 271 g/mol. The van der Waals surface area contributed by atoms with E-state index in [1.807, 2.05) is 6.92 Å². The third-order valence-electron chi connectivity index (χ3n) is 3.41. The molecular formula is C16H15FN2O2. The number of hydrogen-bond donors (Lipinski definition) is 1. The van der Waals surface area contributed by atoms with E-state index in [0.717, 1.165) is 29.1 Å². The number of H-pyrrole nitrogens is 1. The summed E-state index contributed by atoms with van der Waals surface area (Å²) in [5.74, 6) is -0.770. The average molecular weight is 286 g/mol. The van der Waals surface area contributed by atoms with E-state index in [4.69, 9.17) is 4.74 Å². The number of aromatic nitrogens is 2. The summed E-state index contributed by atoms with van der Waals surface area (Å²) in [6, 6.07) is 6.23. The Hall–Kier alpha value is -2.43. The number of aromatic amines is 1. The second-order valence-corrected chi connectivity index (χ2v) is 4.89. The molecule has 0 aliphatic heterocycles. The molecule has 3 aromatic rings. The molecule has 0 aliphatic carbocycles. The van der Waals surface area contributed by atoms with Gasteiger partial charge in [-0.3, -0.25) is 0 Å². The zero-order valence-electron chi connectivity index (χ0n) is 11.6. The first-order chi connectivity index (χ1) is 10.2. The van der Waals surface area contributed by atoms with Crippen molar-refractivity contribution in [2.24, 2.45) is 0 Å². The van der Waals surface area contributed by atoms with Crippen LogP contribution in [0.2, 0.25) is 0 Å². The number of carbonyl (C=O) groups is 1. The molecule has 0 spiro atoms. The first-order valence-electron chi connectivity index (χ1n) is 6.93. The Balaban J connectivity index is 2.07. The lowest BCUT2D eigenvalue weighted by Gasteiger charge is -2.03. The van der Waals surface area contributed by atoms with E-state index >= 15 is 0 Å². The lowest BCUT2D eigenvalue weighted by molar-refractivity contribution is 0.0495. The number of nitrogens with zero attached hydrogens (tertiary/aromatic N) is 1. The minimum atomic E-state index is -0.457. The predicted molar refractivity (Wildman–Crippen MR) is 78.7 cm³/mol. The van der Waals surface area contributed by atoms with Crippen LogP contribution in [0.4, 0.5) is 4.39 Å². The van der Waals surface area contributed by atoms with Crippen LogP contribution in [-0.2, 0) is 4.74 Å². The van der Waals surface area contributed by atoms with Gasteiger partial charge in [0.1, 0.15) is 5.82 Å². The van der Waals surface area contributed by atoms with Crippen LogP contribution in [0, 0.1) is 5.82 Å². The van der Waals surface area contributed by atoms with Gasteiger partial charge in [0.2, 0.25) is 0 Å². The quantitative estimate of drug-likeness (QED) is 0.586. The third kappa shape index (κ3) is 2.46. The Morgan fingerprint density at radius 2 is 2.19 bits per heavy atom. The minimum Gasteiger partial charge on any atom is -0.461 e. The standard InChI is InChI=1S/C16H15FN2O2/c1-2-3-8-21-16(20)15-14-11(6-7-18-15)12-9-10(17)4-5-13(12)19-14/h4-7,9,19H,2-3,8H2,1H3. The van der Waals surface area contributed by atoms with Gasteiger partial charge in [0.25, 0.3) is 0 Å². The summed E-state index contributed by atoms with van der Waals surface area (Å²) in [6.07, 6.45) is 3.31. The van der Waals surface area contributed by atoms with Crippen LogP contribution in [0.3, 0.4) is 0 Å². The van der Waals surface area contributed by atoms with Gasteiger partial charge in [0.05, 0.1) is 12.1 Å². The fourth-order valence-electron chi connectivity index (χ4n) is 2.33.